The molecule has 0 aromatic carbocycles. The quantitative estimate of drug-likeness (QED) is 0.617. The maximum Gasteiger partial charge on any atom is 0.322 e. The molecule has 1 saturated heterocycles. The van der Waals surface area contributed by atoms with Gasteiger partial charge in [-0.25, -0.2) is 8.42 Å². The Bertz CT molecular complexity index is 341. The molecule has 1 heterocycles. The molecule has 6 nitrogen and oxygen atoms in total. The summed E-state index contributed by atoms with van der Waals surface area (Å²) in [5.74, 6) is -0.837. The van der Waals surface area contributed by atoms with Crippen LogP contribution < -0.4 is 5.73 Å². The van der Waals surface area contributed by atoms with Gasteiger partial charge in [-0.15, -0.1) is 0 Å². The van der Waals surface area contributed by atoms with Gasteiger partial charge in [0, 0.05) is 12.6 Å². The summed E-state index contributed by atoms with van der Waals surface area (Å²) in [5.41, 5.74) is 5.34. The largest absolute Gasteiger partial charge is 0.480 e. The predicted octanol–water partition coefficient (Wildman–Crippen LogP) is -1.48. The molecule has 0 radical (unpaired) electrons. The molecule has 0 bridgehead atoms. The van der Waals surface area contributed by atoms with E-state index in [-0.39, 0.29) is 24.1 Å². The Kier molecular flexibility index (Phi) is 3.69. The van der Waals surface area contributed by atoms with Gasteiger partial charge < -0.3 is 10.8 Å². The van der Waals surface area contributed by atoms with E-state index in [1.807, 2.05) is 0 Å². The summed E-state index contributed by atoms with van der Waals surface area (Å²) < 4.78 is 22.4. The van der Waals surface area contributed by atoms with Crippen molar-refractivity contribution in [1.82, 2.24) is 4.90 Å². The van der Waals surface area contributed by atoms with Crippen LogP contribution in [0.5, 0.6) is 0 Å². The molecule has 1 aliphatic heterocycles. The first-order valence-electron chi connectivity index (χ1n) is 4.72. The molecule has 1 rings (SSSR count). The first kappa shape index (κ1) is 12.4. The van der Waals surface area contributed by atoms with Crippen molar-refractivity contribution in [1.29, 1.82) is 0 Å². The molecular formula is C8H16N2O4S. The molecule has 0 spiro atoms. The fraction of sp³-hybridized carbons (Fsp3) is 0.875. The number of nitrogens with two attached hydrogens (primary N) is 1. The smallest absolute Gasteiger partial charge is 0.322 e. The third-order valence-electron chi connectivity index (χ3n) is 2.78. The molecule has 0 aromatic heterocycles. The molecular weight excluding hydrogens is 220 g/mol. The summed E-state index contributed by atoms with van der Waals surface area (Å²) in [7, 11) is -1.38. The van der Waals surface area contributed by atoms with Crippen molar-refractivity contribution in [2.24, 2.45) is 5.73 Å². The molecule has 1 fully saturated rings. The van der Waals surface area contributed by atoms with E-state index >= 15 is 0 Å². The Morgan fingerprint density at radius 3 is 2.60 bits per heavy atom. The number of aliphatic carboxylic acids is 1. The van der Waals surface area contributed by atoms with E-state index in [1.54, 1.807) is 11.9 Å². The number of hydrogen-bond donors (Lipinski definition) is 2. The van der Waals surface area contributed by atoms with E-state index in [9.17, 15) is 13.2 Å². The van der Waals surface area contributed by atoms with Gasteiger partial charge >= 0.3 is 5.97 Å². The highest BCUT2D eigenvalue weighted by atomic mass is 32.2. The topological polar surface area (TPSA) is 101 Å². The molecule has 0 amide bonds. The van der Waals surface area contributed by atoms with E-state index in [2.05, 4.69) is 0 Å². The predicted molar refractivity (Wildman–Crippen MR) is 55.3 cm³/mol. The van der Waals surface area contributed by atoms with Crippen molar-refractivity contribution >= 4 is 15.8 Å². The molecule has 2 unspecified atom stereocenters. The monoisotopic (exact) mass is 236 g/mol. The van der Waals surface area contributed by atoms with Crippen LogP contribution in [0.1, 0.15) is 6.42 Å². The number of sulfone groups is 1. The van der Waals surface area contributed by atoms with E-state index in [4.69, 9.17) is 10.8 Å². The second-order valence-corrected chi connectivity index (χ2v) is 6.04. The van der Waals surface area contributed by atoms with Crippen LogP contribution >= 0.6 is 0 Å². The molecule has 1 aliphatic rings. The number of rotatable bonds is 4. The second-order valence-electron chi connectivity index (χ2n) is 3.81. The van der Waals surface area contributed by atoms with Gasteiger partial charge in [0.1, 0.15) is 6.04 Å². The third kappa shape index (κ3) is 2.90. The van der Waals surface area contributed by atoms with Crippen LogP contribution in [-0.4, -0.2) is 61.6 Å². The molecule has 2 atom stereocenters. The van der Waals surface area contributed by atoms with Crippen LogP contribution in [0.2, 0.25) is 0 Å². The minimum Gasteiger partial charge on any atom is -0.480 e. The van der Waals surface area contributed by atoms with Crippen LogP contribution in [0.3, 0.4) is 0 Å². The summed E-state index contributed by atoms with van der Waals surface area (Å²) in [6, 6.07) is -1.03. The summed E-state index contributed by atoms with van der Waals surface area (Å²) in [6.07, 6.45) is 0.489. The van der Waals surface area contributed by atoms with Crippen molar-refractivity contribution in [2.75, 3.05) is 25.1 Å². The third-order valence-corrected chi connectivity index (χ3v) is 4.53. The van der Waals surface area contributed by atoms with Crippen LogP contribution in [0.4, 0.5) is 0 Å². The molecule has 15 heavy (non-hydrogen) atoms. The highest BCUT2D eigenvalue weighted by Gasteiger charge is 2.35. The Morgan fingerprint density at radius 1 is 1.67 bits per heavy atom. The summed E-state index contributed by atoms with van der Waals surface area (Å²) >= 11 is 0. The lowest BCUT2D eigenvalue weighted by molar-refractivity contribution is -0.143. The average molecular weight is 236 g/mol. The van der Waals surface area contributed by atoms with Gasteiger partial charge in [-0.1, -0.05) is 0 Å². The van der Waals surface area contributed by atoms with Gasteiger partial charge in [-0.05, 0) is 13.5 Å². The SMILES string of the molecule is CN(C1CCS(=O)(=O)C1)C(CN)C(=O)O. The van der Waals surface area contributed by atoms with Crippen LogP contribution in [0.15, 0.2) is 0 Å². The number of carboxylic acid groups (broad SMARTS) is 1. The lowest BCUT2D eigenvalue weighted by atomic mass is 10.1. The van der Waals surface area contributed by atoms with Crippen molar-refractivity contribution in [2.45, 2.75) is 18.5 Å². The van der Waals surface area contributed by atoms with Gasteiger partial charge in [-0.2, -0.15) is 0 Å². The number of likely N-dealkylation sites (N-methyl/N-ethyl adjacent to an activating group) is 1. The van der Waals surface area contributed by atoms with Crippen LogP contribution in [-0.2, 0) is 14.6 Å². The van der Waals surface area contributed by atoms with Gasteiger partial charge in [0.15, 0.2) is 9.84 Å². The Balaban J connectivity index is 2.69. The van der Waals surface area contributed by atoms with E-state index in [1.165, 1.54) is 0 Å². The van der Waals surface area contributed by atoms with Gasteiger partial charge in [0.25, 0.3) is 0 Å². The van der Waals surface area contributed by atoms with Crippen molar-refractivity contribution < 1.29 is 18.3 Å². The van der Waals surface area contributed by atoms with Gasteiger partial charge in [0.05, 0.1) is 11.5 Å². The molecule has 0 saturated carbocycles. The number of carboxylic acids is 1. The molecule has 0 aliphatic carbocycles. The van der Waals surface area contributed by atoms with E-state index in [0.29, 0.717) is 6.42 Å². The fourth-order valence-corrected chi connectivity index (χ4v) is 3.58. The Hall–Kier alpha value is -0.660. The van der Waals surface area contributed by atoms with Crippen LogP contribution in [0, 0.1) is 0 Å². The highest BCUT2D eigenvalue weighted by molar-refractivity contribution is 7.91. The van der Waals surface area contributed by atoms with Gasteiger partial charge in [0.2, 0.25) is 0 Å². The van der Waals surface area contributed by atoms with Crippen LogP contribution in [0.25, 0.3) is 0 Å². The maximum absolute atomic E-state index is 11.2. The first-order chi connectivity index (χ1) is 6.87. The zero-order chi connectivity index (χ0) is 11.6. The van der Waals surface area contributed by atoms with Crippen molar-refractivity contribution in [3.05, 3.63) is 0 Å². The zero-order valence-corrected chi connectivity index (χ0v) is 9.40. The number of hydrogen-bond acceptors (Lipinski definition) is 5. The first-order valence-corrected chi connectivity index (χ1v) is 6.55. The fourth-order valence-electron chi connectivity index (χ4n) is 1.79. The highest BCUT2D eigenvalue weighted by Crippen LogP contribution is 2.18. The molecule has 0 aromatic rings. The second kappa shape index (κ2) is 4.46. The normalized spacial score (nSPS) is 26.7. The van der Waals surface area contributed by atoms with E-state index < -0.39 is 21.8 Å². The molecule has 88 valence electrons. The lowest BCUT2D eigenvalue weighted by Gasteiger charge is -2.28. The number of nitrogens with zero attached hydrogens (tertiary/aromatic N) is 1. The lowest BCUT2D eigenvalue weighted by Crippen LogP contribution is -2.49. The standard InChI is InChI=1S/C8H16N2O4S/c1-10(7(4-9)8(11)12)6-2-3-15(13,14)5-6/h6-7H,2-5,9H2,1H3,(H,11,12). The maximum atomic E-state index is 11.2. The number of carbonyl (C=O) groups is 1. The van der Waals surface area contributed by atoms with Crippen molar-refractivity contribution in [3.8, 4) is 0 Å². The van der Waals surface area contributed by atoms with E-state index in [0.717, 1.165) is 0 Å². The molecule has 7 heteroatoms. The average Bonchev–Trinajstić information content (AvgIpc) is 2.46. The minimum absolute atomic E-state index is 0.0115. The Labute approximate surface area is 89.0 Å². The summed E-state index contributed by atoms with van der Waals surface area (Å²) in [4.78, 5) is 12.4. The Morgan fingerprint density at radius 2 is 2.27 bits per heavy atom. The summed E-state index contributed by atoms with van der Waals surface area (Å²) in [5, 5.41) is 8.86. The molecule has 3 N–H and O–H groups in total. The van der Waals surface area contributed by atoms with Gasteiger partial charge in [-0.3, -0.25) is 9.69 Å². The van der Waals surface area contributed by atoms with Crippen molar-refractivity contribution in [3.63, 3.8) is 0 Å². The zero-order valence-electron chi connectivity index (χ0n) is 8.59. The summed E-state index contributed by atoms with van der Waals surface area (Å²) in [6.45, 7) is -0.0115. The minimum atomic E-state index is -2.98.